The molecule has 0 aliphatic heterocycles. The molecule has 0 saturated heterocycles. The molecule has 14 heavy (non-hydrogen) atoms. The molecule has 0 bridgehead atoms. The molecular weight excluding hydrogens is 176 g/mol. The second kappa shape index (κ2) is 4.70. The molecule has 0 radical (unpaired) electrons. The molecule has 74 valence electrons. The molecule has 0 amide bonds. The minimum atomic E-state index is 1.02. The monoisotopic (exact) mass is 190 g/mol. The number of hydrogen-bond donors (Lipinski definition) is 0. The Morgan fingerprint density at radius 2 is 1.29 bits per heavy atom. The quantitative estimate of drug-likeness (QED) is 0.675. The van der Waals surface area contributed by atoms with E-state index in [0.29, 0.717) is 0 Å². The van der Waals surface area contributed by atoms with E-state index in [0.717, 1.165) is 37.2 Å². The van der Waals surface area contributed by atoms with Gasteiger partial charge in [-0.05, 0) is 37.1 Å². The maximum absolute atomic E-state index is 5.25. The average molecular weight is 190 g/mol. The number of furan rings is 2. The fourth-order valence-corrected chi connectivity index (χ4v) is 1.51. The maximum Gasteiger partial charge on any atom is 0.103 e. The van der Waals surface area contributed by atoms with E-state index in [1.54, 1.807) is 12.5 Å². The Labute approximate surface area is 83.5 Å². The first kappa shape index (κ1) is 9.13. The fraction of sp³-hybridized carbons (Fsp3) is 0.333. The molecule has 2 heteroatoms. The van der Waals surface area contributed by atoms with Crippen LogP contribution in [-0.4, -0.2) is 0 Å². The Kier molecular flexibility index (Phi) is 3.06. The lowest BCUT2D eigenvalue weighted by atomic mass is 10.1. The van der Waals surface area contributed by atoms with Crippen LogP contribution in [0.1, 0.15) is 24.4 Å². The highest BCUT2D eigenvalue weighted by Gasteiger charge is 1.98. The summed E-state index contributed by atoms with van der Waals surface area (Å²) in [6, 6.07) is 7.91. The minimum absolute atomic E-state index is 1.02. The standard InChI is InChI=1S/C12H14O2/c1(5-11-7-3-9-13-11)2-6-12-8-4-10-14-12/h3-4,7-10H,1-2,5-6H2. The van der Waals surface area contributed by atoms with E-state index in [9.17, 15) is 0 Å². The van der Waals surface area contributed by atoms with Gasteiger partial charge in [0.25, 0.3) is 0 Å². The van der Waals surface area contributed by atoms with Gasteiger partial charge in [-0.1, -0.05) is 0 Å². The smallest absolute Gasteiger partial charge is 0.103 e. The van der Waals surface area contributed by atoms with Gasteiger partial charge >= 0.3 is 0 Å². The summed E-state index contributed by atoms with van der Waals surface area (Å²) < 4.78 is 10.5. The van der Waals surface area contributed by atoms with Gasteiger partial charge in [-0.2, -0.15) is 0 Å². The van der Waals surface area contributed by atoms with Gasteiger partial charge in [0, 0.05) is 12.8 Å². The van der Waals surface area contributed by atoms with Crippen molar-refractivity contribution in [2.24, 2.45) is 0 Å². The zero-order chi connectivity index (χ0) is 9.64. The molecule has 0 atom stereocenters. The van der Waals surface area contributed by atoms with Crippen LogP contribution in [0.15, 0.2) is 45.6 Å². The molecule has 0 aliphatic rings. The average Bonchev–Trinajstić information content (AvgIpc) is 2.86. The molecule has 2 aromatic heterocycles. The van der Waals surface area contributed by atoms with Crippen molar-refractivity contribution < 1.29 is 8.83 Å². The summed E-state index contributed by atoms with van der Waals surface area (Å²) in [5.74, 6) is 2.15. The van der Waals surface area contributed by atoms with Crippen LogP contribution in [0.3, 0.4) is 0 Å². The Morgan fingerprint density at radius 1 is 0.786 bits per heavy atom. The van der Waals surface area contributed by atoms with Crippen LogP contribution in [0.25, 0.3) is 0 Å². The zero-order valence-electron chi connectivity index (χ0n) is 8.11. The van der Waals surface area contributed by atoms with Gasteiger partial charge in [0.1, 0.15) is 11.5 Å². The maximum atomic E-state index is 5.25. The predicted octanol–water partition coefficient (Wildman–Crippen LogP) is 3.44. The van der Waals surface area contributed by atoms with Crippen LogP contribution in [-0.2, 0) is 12.8 Å². The van der Waals surface area contributed by atoms with Crippen molar-refractivity contribution in [2.75, 3.05) is 0 Å². The SMILES string of the molecule is c1coc(CCCCc2ccco2)c1. The molecule has 0 saturated carbocycles. The first-order valence-electron chi connectivity index (χ1n) is 5.00. The van der Waals surface area contributed by atoms with Crippen LogP contribution in [0.5, 0.6) is 0 Å². The van der Waals surface area contributed by atoms with E-state index in [1.807, 2.05) is 24.3 Å². The molecule has 0 N–H and O–H groups in total. The lowest BCUT2D eigenvalue weighted by molar-refractivity contribution is 0.478. The third-order valence-electron chi connectivity index (χ3n) is 2.26. The molecule has 2 nitrogen and oxygen atoms in total. The third kappa shape index (κ3) is 2.52. The van der Waals surface area contributed by atoms with Gasteiger partial charge in [-0.15, -0.1) is 0 Å². The molecule has 2 rings (SSSR count). The van der Waals surface area contributed by atoms with Crippen molar-refractivity contribution in [1.29, 1.82) is 0 Å². The van der Waals surface area contributed by atoms with E-state index in [2.05, 4.69) is 0 Å². The van der Waals surface area contributed by atoms with Crippen LogP contribution in [0, 0.1) is 0 Å². The van der Waals surface area contributed by atoms with Gasteiger partial charge in [0.15, 0.2) is 0 Å². The van der Waals surface area contributed by atoms with Gasteiger partial charge in [0.2, 0.25) is 0 Å². The molecule has 0 fully saturated rings. The highest BCUT2D eigenvalue weighted by atomic mass is 16.3. The largest absolute Gasteiger partial charge is 0.469 e. The molecule has 0 spiro atoms. The summed E-state index contributed by atoms with van der Waals surface area (Å²) in [7, 11) is 0. The Hall–Kier alpha value is -1.44. The first-order chi connectivity index (χ1) is 6.95. The lowest BCUT2D eigenvalue weighted by Gasteiger charge is -1.96. The summed E-state index contributed by atoms with van der Waals surface area (Å²) in [6.45, 7) is 0. The van der Waals surface area contributed by atoms with E-state index >= 15 is 0 Å². The zero-order valence-corrected chi connectivity index (χ0v) is 8.11. The number of aryl methyl sites for hydroxylation is 2. The van der Waals surface area contributed by atoms with Gasteiger partial charge in [-0.25, -0.2) is 0 Å². The van der Waals surface area contributed by atoms with Crippen molar-refractivity contribution in [3.05, 3.63) is 48.3 Å². The van der Waals surface area contributed by atoms with Crippen LogP contribution >= 0.6 is 0 Å². The summed E-state index contributed by atoms with van der Waals surface area (Å²) in [6.07, 6.45) is 7.79. The van der Waals surface area contributed by atoms with Crippen LogP contribution in [0.2, 0.25) is 0 Å². The van der Waals surface area contributed by atoms with Gasteiger partial charge in [0.05, 0.1) is 12.5 Å². The number of unbranched alkanes of at least 4 members (excludes halogenated alkanes) is 1. The molecule has 0 aliphatic carbocycles. The van der Waals surface area contributed by atoms with Crippen molar-refractivity contribution in [2.45, 2.75) is 25.7 Å². The van der Waals surface area contributed by atoms with E-state index in [-0.39, 0.29) is 0 Å². The fourth-order valence-electron chi connectivity index (χ4n) is 1.51. The normalized spacial score (nSPS) is 10.6. The van der Waals surface area contributed by atoms with Crippen molar-refractivity contribution >= 4 is 0 Å². The summed E-state index contributed by atoms with van der Waals surface area (Å²) in [5.41, 5.74) is 0. The van der Waals surface area contributed by atoms with Crippen molar-refractivity contribution in [3.8, 4) is 0 Å². The highest BCUT2D eigenvalue weighted by Crippen LogP contribution is 2.09. The second-order valence-corrected chi connectivity index (χ2v) is 3.37. The molecule has 0 unspecified atom stereocenters. The van der Waals surface area contributed by atoms with E-state index in [1.165, 1.54) is 0 Å². The van der Waals surface area contributed by atoms with Crippen LogP contribution in [0.4, 0.5) is 0 Å². The topological polar surface area (TPSA) is 26.3 Å². The van der Waals surface area contributed by atoms with Gasteiger partial charge in [-0.3, -0.25) is 0 Å². The Morgan fingerprint density at radius 3 is 1.64 bits per heavy atom. The molecule has 0 aromatic carbocycles. The van der Waals surface area contributed by atoms with E-state index in [4.69, 9.17) is 8.83 Å². The minimum Gasteiger partial charge on any atom is -0.469 e. The Bertz CT molecular complexity index is 296. The lowest BCUT2D eigenvalue weighted by Crippen LogP contribution is -1.86. The molecule has 2 heterocycles. The molecule has 2 aromatic rings. The second-order valence-electron chi connectivity index (χ2n) is 3.37. The molecular formula is C12H14O2. The first-order valence-corrected chi connectivity index (χ1v) is 5.00. The summed E-state index contributed by atoms with van der Waals surface area (Å²) in [5, 5.41) is 0. The highest BCUT2D eigenvalue weighted by molar-refractivity contribution is 4.99. The Balaban J connectivity index is 1.65. The van der Waals surface area contributed by atoms with Gasteiger partial charge < -0.3 is 8.83 Å². The van der Waals surface area contributed by atoms with Crippen LogP contribution < -0.4 is 0 Å². The predicted molar refractivity (Wildman–Crippen MR) is 54.1 cm³/mol. The number of hydrogen-bond acceptors (Lipinski definition) is 2. The van der Waals surface area contributed by atoms with Crippen molar-refractivity contribution in [3.63, 3.8) is 0 Å². The third-order valence-corrected chi connectivity index (χ3v) is 2.26. The van der Waals surface area contributed by atoms with E-state index < -0.39 is 0 Å². The summed E-state index contributed by atoms with van der Waals surface area (Å²) in [4.78, 5) is 0. The van der Waals surface area contributed by atoms with Crippen molar-refractivity contribution in [1.82, 2.24) is 0 Å². The number of rotatable bonds is 5. The summed E-state index contributed by atoms with van der Waals surface area (Å²) >= 11 is 0.